The van der Waals surface area contributed by atoms with E-state index >= 15 is 0 Å². The largest absolute Gasteiger partial charge is 0.490 e. The number of carbonyl (C=O) groups is 2. The number of hydrogen-bond acceptors (Lipinski definition) is 5. The fraction of sp³-hybridized carbons (Fsp3) is 0.150. The van der Waals surface area contributed by atoms with Crippen molar-refractivity contribution in [1.29, 1.82) is 0 Å². The maximum Gasteiger partial charge on any atom is 0.335 e. The van der Waals surface area contributed by atoms with Crippen LogP contribution in [0.25, 0.3) is 6.08 Å². The molecule has 0 saturated carbocycles. The molecule has 1 N–H and O–H groups in total. The minimum atomic E-state index is -1.06. The fourth-order valence-electron chi connectivity index (χ4n) is 2.57. The topological polar surface area (TPSA) is 66.8 Å². The molecule has 0 radical (unpaired) electrons. The third-order valence-corrected chi connectivity index (χ3v) is 5.02. The molecule has 3 rings (SSSR count). The molecule has 1 saturated heterocycles. The van der Waals surface area contributed by atoms with Crippen LogP contribution in [-0.2, 0) is 4.79 Å². The number of amides is 1. The number of para-hydroxylation sites is 1. The Morgan fingerprint density at radius 3 is 2.67 bits per heavy atom. The van der Waals surface area contributed by atoms with Gasteiger partial charge in [-0.25, -0.2) is 4.79 Å². The summed E-state index contributed by atoms with van der Waals surface area (Å²) in [5.74, 6) is -0.657. The van der Waals surface area contributed by atoms with Gasteiger partial charge >= 0.3 is 5.97 Å². The lowest BCUT2D eigenvalue weighted by molar-refractivity contribution is -0.113. The van der Waals surface area contributed by atoms with Gasteiger partial charge in [0.1, 0.15) is 5.75 Å². The highest BCUT2D eigenvalue weighted by Crippen LogP contribution is 2.37. The molecule has 1 aliphatic heterocycles. The minimum Gasteiger partial charge on any atom is -0.490 e. The summed E-state index contributed by atoms with van der Waals surface area (Å²) < 4.78 is 6.15. The number of hydrogen-bond donors (Lipinski definition) is 1. The standard InChI is InChI=1S/C20H17NO4S2/c1-12(2)25-16-9-4-3-6-13(16)11-17-18(22)21(20(26)27-17)15-8-5-7-14(10-15)19(23)24/h3-12H,1-2H3,(H,23,24)/b17-11-. The number of ether oxygens (including phenoxy) is 1. The smallest absolute Gasteiger partial charge is 0.335 e. The van der Waals surface area contributed by atoms with Gasteiger partial charge in [0, 0.05) is 5.56 Å². The first-order chi connectivity index (χ1) is 12.9. The number of carbonyl (C=O) groups excluding carboxylic acids is 1. The number of nitrogens with zero attached hydrogens (tertiary/aromatic N) is 1. The van der Waals surface area contributed by atoms with Crippen molar-refractivity contribution in [2.45, 2.75) is 20.0 Å². The Kier molecular flexibility index (Phi) is 5.62. The van der Waals surface area contributed by atoms with E-state index in [-0.39, 0.29) is 17.6 Å². The molecule has 0 bridgehead atoms. The maximum absolute atomic E-state index is 12.9. The molecule has 1 aliphatic rings. The van der Waals surface area contributed by atoms with Crippen molar-refractivity contribution in [3.63, 3.8) is 0 Å². The van der Waals surface area contributed by atoms with E-state index in [2.05, 4.69) is 0 Å². The van der Waals surface area contributed by atoms with Crippen molar-refractivity contribution >= 4 is 51.9 Å². The number of thiocarbonyl (C=S) groups is 1. The highest BCUT2D eigenvalue weighted by atomic mass is 32.2. The Labute approximate surface area is 166 Å². The van der Waals surface area contributed by atoms with Crippen LogP contribution in [-0.4, -0.2) is 27.4 Å². The van der Waals surface area contributed by atoms with Gasteiger partial charge in [0.15, 0.2) is 4.32 Å². The molecule has 138 valence electrons. The van der Waals surface area contributed by atoms with Crippen molar-refractivity contribution in [3.05, 3.63) is 64.6 Å². The van der Waals surface area contributed by atoms with Gasteiger partial charge in [-0.3, -0.25) is 9.69 Å². The Hall–Kier alpha value is -2.64. The lowest BCUT2D eigenvalue weighted by atomic mass is 10.1. The molecule has 1 heterocycles. The SMILES string of the molecule is CC(C)Oc1ccccc1/C=C1\SC(=S)N(c2cccc(C(=O)O)c2)C1=O. The van der Waals surface area contributed by atoms with E-state index < -0.39 is 5.97 Å². The molecular weight excluding hydrogens is 382 g/mol. The third-order valence-electron chi connectivity index (χ3n) is 3.71. The Bertz CT molecular complexity index is 953. The van der Waals surface area contributed by atoms with Gasteiger partial charge in [0.25, 0.3) is 5.91 Å². The molecule has 0 aromatic heterocycles. The van der Waals surface area contributed by atoms with Crippen molar-refractivity contribution in [3.8, 4) is 5.75 Å². The number of thioether (sulfide) groups is 1. The summed E-state index contributed by atoms with van der Waals surface area (Å²) >= 11 is 6.53. The fourth-order valence-corrected chi connectivity index (χ4v) is 3.86. The maximum atomic E-state index is 12.9. The lowest BCUT2D eigenvalue weighted by Crippen LogP contribution is -2.27. The lowest BCUT2D eigenvalue weighted by Gasteiger charge is -2.15. The average Bonchev–Trinajstić information content (AvgIpc) is 2.90. The first-order valence-corrected chi connectivity index (χ1v) is 9.46. The Morgan fingerprint density at radius 1 is 1.22 bits per heavy atom. The Morgan fingerprint density at radius 2 is 1.96 bits per heavy atom. The zero-order valence-corrected chi connectivity index (χ0v) is 16.3. The highest BCUT2D eigenvalue weighted by Gasteiger charge is 2.33. The molecule has 0 unspecified atom stereocenters. The summed E-state index contributed by atoms with van der Waals surface area (Å²) in [4.78, 5) is 25.9. The summed E-state index contributed by atoms with van der Waals surface area (Å²) in [6, 6.07) is 13.6. The summed E-state index contributed by atoms with van der Waals surface area (Å²) in [6.07, 6.45) is 1.76. The number of aromatic carboxylic acids is 1. The van der Waals surface area contributed by atoms with Crippen molar-refractivity contribution in [2.24, 2.45) is 0 Å². The predicted octanol–water partition coefficient (Wildman–Crippen LogP) is 4.58. The number of carboxylic acid groups (broad SMARTS) is 1. The van der Waals surface area contributed by atoms with Crippen LogP contribution in [0.2, 0.25) is 0 Å². The van der Waals surface area contributed by atoms with Gasteiger partial charge in [-0.1, -0.05) is 48.2 Å². The molecule has 2 aromatic carbocycles. The molecule has 0 aliphatic carbocycles. The van der Waals surface area contributed by atoms with Crippen LogP contribution in [0.3, 0.4) is 0 Å². The molecule has 1 amide bonds. The van der Waals surface area contributed by atoms with Gasteiger partial charge in [0.05, 0.1) is 22.3 Å². The summed E-state index contributed by atoms with van der Waals surface area (Å²) in [6.45, 7) is 3.87. The van der Waals surface area contributed by atoms with Crippen LogP contribution in [0, 0.1) is 0 Å². The zero-order chi connectivity index (χ0) is 19.6. The second-order valence-corrected chi connectivity index (χ2v) is 7.75. The summed E-state index contributed by atoms with van der Waals surface area (Å²) in [7, 11) is 0. The first kappa shape index (κ1) is 19.1. The number of rotatable bonds is 5. The summed E-state index contributed by atoms with van der Waals surface area (Å²) in [5, 5.41) is 9.17. The van der Waals surface area contributed by atoms with E-state index in [1.54, 1.807) is 18.2 Å². The Balaban J connectivity index is 1.94. The molecule has 7 heteroatoms. The van der Waals surface area contributed by atoms with Crippen molar-refractivity contribution < 1.29 is 19.4 Å². The van der Waals surface area contributed by atoms with E-state index in [1.807, 2.05) is 38.1 Å². The normalized spacial score (nSPS) is 15.7. The van der Waals surface area contributed by atoms with Gasteiger partial charge in [0.2, 0.25) is 0 Å². The van der Waals surface area contributed by atoms with Crippen molar-refractivity contribution in [1.82, 2.24) is 0 Å². The van der Waals surface area contributed by atoms with E-state index in [9.17, 15) is 9.59 Å². The van der Waals surface area contributed by atoms with Crippen LogP contribution >= 0.6 is 24.0 Å². The number of carboxylic acids is 1. The molecule has 0 spiro atoms. The number of benzene rings is 2. The van der Waals surface area contributed by atoms with Crippen LogP contribution in [0.1, 0.15) is 29.8 Å². The zero-order valence-electron chi connectivity index (χ0n) is 14.7. The van der Waals surface area contributed by atoms with Gasteiger partial charge in [-0.2, -0.15) is 0 Å². The van der Waals surface area contributed by atoms with Crippen molar-refractivity contribution in [2.75, 3.05) is 4.90 Å². The second kappa shape index (κ2) is 7.94. The van der Waals surface area contributed by atoms with Crippen LogP contribution in [0.4, 0.5) is 5.69 Å². The van der Waals surface area contributed by atoms with E-state index in [1.165, 1.54) is 28.8 Å². The van der Waals surface area contributed by atoms with Crippen LogP contribution < -0.4 is 9.64 Å². The molecule has 2 aromatic rings. The third kappa shape index (κ3) is 4.20. The quantitative estimate of drug-likeness (QED) is 0.586. The monoisotopic (exact) mass is 399 g/mol. The molecule has 1 fully saturated rings. The molecule has 5 nitrogen and oxygen atoms in total. The number of anilines is 1. The highest BCUT2D eigenvalue weighted by molar-refractivity contribution is 8.27. The second-order valence-electron chi connectivity index (χ2n) is 6.08. The minimum absolute atomic E-state index is 0.00724. The summed E-state index contributed by atoms with van der Waals surface area (Å²) in [5.41, 5.74) is 1.32. The van der Waals surface area contributed by atoms with Gasteiger partial charge in [-0.15, -0.1) is 0 Å². The van der Waals surface area contributed by atoms with Crippen LogP contribution in [0.5, 0.6) is 5.75 Å². The van der Waals surface area contributed by atoms with E-state index in [0.717, 1.165) is 5.56 Å². The van der Waals surface area contributed by atoms with Gasteiger partial charge < -0.3 is 9.84 Å². The molecule has 27 heavy (non-hydrogen) atoms. The molecule has 0 atom stereocenters. The average molecular weight is 399 g/mol. The molecular formula is C20H17NO4S2. The first-order valence-electron chi connectivity index (χ1n) is 8.24. The van der Waals surface area contributed by atoms with E-state index in [0.29, 0.717) is 20.7 Å². The van der Waals surface area contributed by atoms with E-state index in [4.69, 9.17) is 22.1 Å². The predicted molar refractivity (Wildman–Crippen MR) is 111 cm³/mol. The van der Waals surface area contributed by atoms with Crippen LogP contribution in [0.15, 0.2) is 53.4 Å². The van der Waals surface area contributed by atoms with Gasteiger partial charge in [-0.05, 0) is 44.2 Å².